The molecule has 146 valence electrons. The largest absolute Gasteiger partial charge is 0.497 e. The summed E-state index contributed by atoms with van der Waals surface area (Å²) in [4.78, 5) is 28.0. The van der Waals surface area contributed by atoms with E-state index in [1.165, 1.54) is 5.56 Å². The van der Waals surface area contributed by atoms with Crippen LogP contribution in [0, 0.1) is 0 Å². The highest BCUT2D eigenvalue weighted by Gasteiger charge is 2.41. The number of methoxy groups -OCH3 is 1. The number of hydrogen-bond acceptors (Lipinski definition) is 6. The Morgan fingerprint density at radius 3 is 2.76 bits per heavy atom. The van der Waals surface area contributed by atoms with Gasteiger partial charge in [0.05, 0.1) is 12.6 Å². The van der Waals surface area contributed by atoms with Gasteiger partial charge in [0.1, 0.15) is 22.5 Å². The first-order valence-electron chi connectivity index (χ1n) is 9.37. The number of nitrogens with zero attached hydrogens (tertiary/aromatic N) is 1. The zero-order valence-electron chi connectivity index (χ0n) is 15.7. The molecule has 0 saturated carbocycles. The Kier molecular flexibility index (Phi) is 4.39. The number of nitrogens with one attached hydrogen (secondary N) is 1. The lowest BCUT2D eigenvalue weighted by atomic mass is 9.97. The number of pyridine rings is 1. The van der Waals surface area contributed by atoms with E-state index in [1.54, 1.807) is 13.3 Å². The number of aryl methyl sites for hydroxylation is 1. The Hall–Kier alpha value is -3.06. The summed E-state index contributed by atoms with van der Waals surface area (Å²) in [5.41, 5.74) is 3.10. The molecular formula is C22H18N2O4S. The second-order valence-corrected chi connectivity index (χ2v) is 8.23. The fraction of sp³-hybridized carbons (Fsp3) is 0.227. The van der Waals surface area contributed by atoms with Crippen molar-refractivity contribution in [3.05, 3.63) is 59.8 Å². The van der Waals surface area contributed by atoms with Gasteiger partial charge in [0.15, 0.2) is 0 Å². The maximum absolute atomic E-state index is 12.1. The lowest BCUT2D eigenvalue weighted by Gasteiger charge is -2.16. The van der Waals surface area contributed by atoms with Crippen molar-refractivity contribution >= 4 is 33.8 Å². The molecular weight excluding hydrogens is 388 g/mol. The maximum atomic E-state index is 12.1. The number of rotatable bonds is 4. The lowest BCUT2D eigenvalue weighted by Crippen LogP contribution is -2.27. The molecule has 29 heavy (non-hydrogen) atoms. The Labute approximate surface area is 171 Å². The maximum Gasteiger partial charge on any atom is 0.286 e. The highest BCUT2D eigenvalue weighted by atomic mass is 32.2. The molecule has 1 N–H and O–H groups in total. The highest BCUT2D eigenvalue weighted by Crippen LogP contribution is 2.43. The predicted molar refractivity (Wildman–Crippen MR) is 111 cm³/mol. The van der Waals surface area contributed by atoms with Crippen molar-refractivity contribution in [1.82, 2.24) is 10.3 Å². The monoisotopic (exact) mass is 406 g/mol. The van der Waals surface area contributed by atoms with Crippen molar-refractivity contribution < 1.29 is 19.1 Å². The van der Waals surface area contributed by atoms with Gasteiger partial charge in [0, 0.05) is 23.6 Å². The summed E-state index contributed by atoms with van der Waals surface area (Å²) in [6.07, 6.45) is 3.44. The summed E-state index contributed by atoms with van der Waals surface area (Å²) in [6.45, 7) is 0. The van der Waals surface area contributed by atoms with Gasteiger partial charge in [0.25, 0.3) is 5.24 Å². The Morgan fingerprint density at radius 2 is 1.97 bits per heavy atom. The molecule has 2 atom stereocenters. The number of ether oxygens (including phenoxy) is 2. The van der Waals surface area contributed by atoms with E-state index in [1.807, 2.05) is 42.5 Å². The van der Waals surface area contributed by atoms with Gasteiger partial charge in [-0.1, -0.05) is 17.8 Å². The molecule has 1 aliphatic heterocycles. The van der Waals surface area contributed by atoms with Crippen LogP contribution in [0.1, 0.15) is 23.5 Å². The second kappa shape index (κ2) is 7.08. The number of imide groups is 1. The summed E-state index contributed by atoms with van der Waals surface area (Å²) in [6, 6.07) is 13.5. The van der Waals surface area contributed by atoms with Gasteiger partial charge < -0.3 is 9.47 Å². The summed E-state index contributed by atoms with van der Waals surface area (Å²) in [5, 5.41) is 2.70. The van der Waals surface area contributed by atoms with E-state index in [-0.39, 0.29) is 22.3 Å². The normalized spacial score (nSPS) is 20.6. The van der Waals surface area contributed by atoms with Crippen molar-refractivity contribution in [2.75, 3.05) is 7.11 Å². The van der Waals surface area contributed by atoms with Gasteiger partial charge in [-0.25, -0.2) is 0 Å². The number of carbonyl (C=O) groups is 2. The first-order chi connectivity index (χ1) is 14.1. The predicted octanol–water partition coefficient (Wildman–Crippen LogP) is 4.42. The van der Waals surface area contributed by atoms with Gasteiger partial charge in [-0.15, -0.1) is 0 Å². The molecule has 0 bridgehead atoms. The van der Waals surface area contributed by atoms with Gasteiger partial charge in [0.2, 0.25) is 5.91 Å². The molecule has 6 nitrogen and oxygen atoms in total. The molecule has 5 rings (SSSR count). The van der Waals surface area contributed by atoms with Gasteiger partial charge in [-0.2, -0.15) is 0 Å². The average Bonchev–Trinajstić information content (AvgIpc) is 3.29. The Balaban J connectivity index is 1.42. The average molecular weight is 406 g/mol. The molecule has 1 aromatic heterocycles. The van der Waals surface area contributed by atoms with Crippen LogP contribution in [0.2, 0.25) is 0 Å². The molecule has 0 spiro atoms. The van der Waals surface area contributed by atoms with E-state index < -0.39 is 0 Å². The number of aromatic nitrogens is 1. The molecule has 2 aromatic carbocycles. The zero-order chi connectivity index (χ0) is 20.0. The third-order valence-electron chi connectivity index (χ3n) is 5.46. The van der Waals surface area contributed by atoms with Crippen molar-refractivity contribution in [2.24, 2.45) is 0 Å². The van der Waals surface area contributed by atoms with Crippen LogP contribution in [0.3, 0.4) is 0 Å². The quantitative estimate of drug-likeness (QED) is 0.691. The standard InChI is InChI=1S/C22H18N2O4S/c1-27-13-3-7-17-18(11-13)23-9-8-19(17)28-14-4-6-15-12(10-14)2-5-16(15)20-21(25)24-22(26)29-20/h3-4,6-11,16,20H,2,5H2,1H3,(H,24,25,26)/t16-,20?/m1/s1. The molecule has 1 unspecified atom stereocenters. The van der Waals surface area contributed by atoms with Crippen LogP contribution in [0.15, 0.2) is 48.7 Å². The van der Waals surface area contributed by atoms with Crippen molar-refractivity contribution in [3.8, 4) is 17.2 Å². The Bertz CT molecular complexity index is 1150. The van der Waals surface area contributed by atoms with E-state index in [0.29, 0.717) is 0 Å². The van der Waals surface area contributed by atoms with E-state index in [2.05, 4.69) is 10.3 Å². The van der Waals surface area contributed by atoms with E-state index in [9.17, 15) is 9.59 Å². The van der Waals surface area contributed by atoms with Crippen LogP contribution in [-0.2, 0) is 11.2 Å². The lowest BCUT2D eigenvalue weighted by molar-refractivity contribution is -0.119. The van der Waals surface area contributed by atoms with E-state index in [0.717, 1.165) is 58.3 Å². The van der Waals surface area contributed by atoms with Gasteiger partial charge >= 0.3 is 0 Å². The van der Waals surface area contributed by atoms with Crippen molar-refractivity contribution in [1.29, 1.82) is 0 Å². The molecule has 0 radical (unpaired) electrons. The van der Waals surface area contributed by atoms with Crippen LogP contribution in [-0.4, -0.2) is 28.5 Å². The minimum atomic E-state index is -0.338. The fourth-order valence-electron chi connectivity index (χ4n) is 4.08. The molecule has 1 fully saturated rings. The molecule has 3 aromatic rings. The SMILES string of the molecule is COc1ccc2c(Oc3ccc4c(c3)CC[C@H]4C3SC(=O)NC3=O)ccnc2c1. The summed E-state index contributed by atoms with van der Waals surface area (Å²) in [5.74, 6) is 2.09. The Morgan fingerprint density at radius 1 is 1.10 bits per heavy atom. The second-order valence-electron chi connectivity index (χ2n) is 7.12. The first kappa shape index (κ1) is 18.0. The van der Waals surface area contributed by atoms with E-state index in [4.69, 9.17) is 9.47 Å². The number of thioether (sulfide) groups is 1. The van der Waals surface area contributed by atoms with Crippen LogP contribution in [0.5, 0.6) is 17.2 Å². The molecule has 1 aliphatic carbocycles. The fourth-order valence-corrected chi connectivity index (χ4v) is 5.09. The minimum Gasteiger partial charge on any atom is -0.497 e. The summed E-state index contributed by atoms with van der Waals surface area (Å²) >= 11 is 1.10. The van der Waals surface area contributed by atoms with Crippen LogP contribution >= 0.6 is 11.8 Å². The number of hydrogen-bond donors (Lipinski definition) is 1. The molecule has 2 aliphatic rings. The molecule has 2 heterocycles. The topological polar surface area (TPSA) is 77.5 Å². The van der Waals surface area contributed by atoms with Crippen molar-refractivity contribution in [2.45, 2.75) is 24.0 Å². The number of amides is 2. The number of fused-ring (bicyclic) bond motifs is 2. The third-order valence-corrected chi connectivity index (χ3v) is 6.57. The van der Waals surface area contributed by atoms with Crippen LogP contribution in [0.4, 0.5) is 4.79 Å². The molecule has 1 saturated heterocycles. The smallest absolute Gasteiger partial charge is 0.286 e. The highest BCUT2D eigenvalue weighted by molar-refractivity contribution is 8.15. The number of benzene rings is 2. The van der Waals surface area contributed by atoms with Crippen molar-refractivity contribution in [3.63, 3.8) is 0 Å². The minimum absolute atomic E-state index is 0.0599. The summed E-state index contributed by atoms with van der Waals surface area (Å²) < 4.78 is 11.4. The first-order valence-corrected chi connectivity index (χ1v) is 10.3. The summed E-state index contributed by atoms with van der Waals surface area (Å²) in [7, 11) is 1.63. The van der Waals surface area contributed by atoms with Crippen LogP contribution < -0.4 is 14.8 Å². The van der Waals surface area contributed by atoms with Crippen LogP contribution in [0.25, 0.3) is 10.9 Å². The molecule has 2 amide bonds. The van der Waals surface area contributed by atoms with Gasteiger partial charge in [-0.3, -0.25) is 19.9 Å². The molecule has 7 heteroatoms. The number of carbonyl (C=O) groups excluding carboxylic acids is 2. The third kappa shape index (κ3) is 3.21. The zero-order valence-corrected chi connectivity index (χ0v) is 16.5. The van der Waals surface area contributed by atoms with E-state index >= 15 is 0 Å². The van der Waals surface area contributed by atoms with Gasteiger partial charge in [-0.05, 0) is 54.3 Å².